The summed E-state index contributed by atoms with van der Waals surface area (Å²) in [6.45, 7) is -0.224. The van der Waals surface area contributed by atoms with Crippen LogP contribution < -0.4 is 10.0 Å². The highest BCUT2D eigenvalue weighted by Gasteiger charge is 2.34. The van der Waals surface area contributed by atoms with Crippen LogP contribution in [0.4, 0.5) is 5.69 Å². The number of nitro benzene ring substituents is 1. The first-order valence-electron chi connectivity index (χ1n) is 9.17. The van der Waals surface area contributed by atoms with Gasteiger partial charge in [-0.25, -0.2) is 13.1 Å². The summed E-state index contributed by atoms with van der Waals surface area (Å²) >= 11 is 0. The van der Waals surface area contributed by atoms with Gasteiger partial charge in [-0.2, -0.15) is 0 Å². The zero-order chi connectivity index (χ0) is 22.6. The normalized spacial score (nSPS) is 13.2. The number of rotatable bonds is 9. The fourth-order valence-corrected chi connectivity index (χ4v) is 3.99. The molecule has 31 heavy (non-hydrogen) atoms. The van der Waals surface area contributed by atoms with Crippen molar-refractivity contribution >= 4 is 33.4 Å². The number of nitro groups is 1. The molecule has 2 aromatic rings. The summed E-state index contributed by atoms with van der Waals surface area (Å²) in [7, 11) is -3.89. The fraction of sp³-hybridized carbons (Fsp3) is 0.211. The standard InChI is InChI=1S/C19H18N4O7S/c24-17(9-12-22-18(25)15-3-1-2-4-16(15)19(22)26)20-10-11-21-31(29,30)14-7-5-13(6-8-14)23(27)28/h1-8,21H,9-12H2,(H,20,24). The van der Waals surface area contributed by atoms with E-state index in [0.717, 1.165) is 29.2 Å². The van der Waals surface area contributed by atoms with Gasteiger partial charge in [0.05, 0.1) is 20.9 Å². The maximum absolute atomic E-state index is 12.2. The molecule has 1 heterocycles. The van der Waals surface area contributed by atoms with E-state index in [9.17, 15) is 32.9 Å². The van der Waals surface area contributed by atoms with Crippen molar-refractivity contribution in [1.29, 1.82) is 0 Å². The van der Waals surface area contributed by atoms with Gasteiger partial charge in [0.25, 0.3) is 17.5 Å². The van der Waals surface area contributed by atoms with Crippen LogP contribution in [0, 0.1) is 10.1 Å². The Morgan fingerprint density at radius 2 is 1.55 bits per heavy atom. The van der Waals surface area contributed by atoms with Crippen molar-refractivity contribution in [3.8, 4) is 0 Å². The molecule has 0 aliphatic carbocycles. The lowest BCUT2D eigenvalue weighted by Gasteiger charge is -2.13. The number of nitrogens with zero attached hydrogens (tertiary/aromatic N) is 2. The van der Waals surface area contributed by atoms with Crippen molar-refractivity contribution in [2.75, 3.05) is 19.6 Å². The van der Waals surface area contributed by atoms with Crippen LogP contribution >= 0.6 is 0 Å². The van der Waals surface area contributed by atoms with Crippen LogP contribution in [0.25, 0.3) is 0 Å². The van der Waals surface area contributed by atoms with Crippen LogP contribution in [0.3, 0.4) is 0 Å². The summed E-state index contributed by atoms with van der Waals surface area (Å²) in [5.41, 5.74) is 0.367. The van der Waals surface area contributed by atoms with Crippen molar-refractivity contribution < 1.29 is 27.7 Å². The molecule has 11 nitrogen and oxygen atoms in total. The van der Waals surface area contributed by atoms with Crippen molar-refractivity contribution in [3.05, 3.63) is 69.8 Å². The summed E-state index contributed by atoms with van der Waals surface area (Å²) in [5, 5.41) is 13.1. The van der Waals surface area contributed by atoms with Gasteiger partial charge < -0.3 is 5.32 Å². The lowest BCUT2D eigenvalue weighted by molar-refractivity contribution is -0.384. The van der Waals surface area contributed by atoms with Crippen molar-refractivity contribution in [1.82, 2.24) is 14.9 Å². The minimum Gasteiger partial charge on any atom is -0.355 e. The maximum atomic E-state index is 12.2. The van der Waals surface area contributed by atoms with Gasteiger partial charge in [0.1, 0.15) is 0 Å². The van der Waals surface area contributed by atoms with Gasteiger partial charge in [0, 0.05) is 38.2 Å². The smallest absolute Gasteiger partial charge is 0.269 e. The maximum Gasteiger partial charge on any atom is 0.269 e. The van der Waals surface area contributed by atoms with Gasteiger partial charge in [-0.15, -0.1) is 0 Å². The zero-order valence-corrected chi connectivity index (χ0v) is 16.9. The SMILES string of the molecule is O=C(CCN1C(=O)c2ccccc2C1=O)NCCNS(=O)(=O)c1ccc([N+](=O)[O-])cc1. The second-order valence-corrected chi connectivity index (χ2v) is 8.32. The van der Waals surface area contributed by atoms with E-state index in [0.29, 0.717) is 11.1 Å². The minimum absolute atomic E-state index is 0.0207. The molecule has 3 rings (SSSR count). The summed E-state index contributed by atoms with van der Waals surface area (Å²) < 4.78 is 26.6. The Bertz CT molecular complexity index is 1110. The molecule has 0 bridgehead atoms. The number of hydrogen-bond donors (Lipinski definition) is 2. The molecule has 1 aliphatic rings. The molecule has 0 saturated heterocycles. The van der Waals surface area contributed by atoms with Crippen LogP contribution in [0.15, 0.2) is 53.4 Å². The molecule has 0 aromatic heterocycles. The number of hydrogen-bond acceptors (Lipinski definition) is 7. The molecule has 0 spiro atoms. The van der Waals surface area contributed by atoms with Gasteiger partial charge in [-0.3, -0.25) is 29.4 Å². The number of benzene rings is 2. The summed E-state index contributed by atoms with van der Waals surface area (Å²) in [5.74, 6) is -1.36. The molecule has 162 valence electrons. The highest BCUT2D eigenvalue weighted by Crippen LogP contribution is 2.22. The van der Waals surface area contributed by atoms with E-state index in [2.05, 4.69) is 10.0 Å². The van der Waals surface area contributed by atoms with Crippen LogP contribution in [0.5, 0.6) is 0 Å². The Kier molecular flexibility index (Phi) is 6.42. The number of carbonyl (C=O) groups is 3. The number of imide groups is 1. The molecule has 0 radical (unpaired) electrons. The molecule has 0 unspecified atom stereocenters. The van der Waals surface area contributed by atoms with Gasteiger partial charge in [-0.05, 0) is 24.3 Å². The third kappa shape index (κ3) is 4.92. The minimum atomic E-state index is -3.89. The first kappa shape index (κ1) is 22.1. The van der Waals surface area contributed by atoms with Crippen molar-refractivity contribution in [2.45, 2.75) is 11.3 Å². The Morgan fingerprint density at radius 1 is 0.968 bits per heavy atom. The number of nitrogens with one attached hydrogen (secondary N) is 2. The van der Waals surface area contributed by atoms with E-state index in [4.69, 9.17) is 0 Å². The topological polar surface area (TPSA) is 156 Å². The second-order valence-electron chi connectivity index (χ2n) is 6.56. The van der Waals surface area contributed by atoms with E-state index in [1.807, 2.05) is 0 Å². The molecule has 0 saturated carbocycles. The van der Waals surface area contributed by atoms with Gasteiger partial charge in [0.15, 0.2) is 0 Å². The highest BCUT2D eigenvalue weighted by molar-refractivity contribution is 7.89. The van der Waals surface area contributed by atoms with E-state index >= 15 is 0 Å². The van der Waals surface area contributed by atoms with Crippen LogP contribution in [0.1, 0.15) is 27.1 Å². The van der Waals surface area contributed by atoms with Gasteiger partial charge in [0.2, 0.25) is 15.9 Å². The summed E-state index contributed by atoms with van der Waals surface area (Å²) in [6.07, 6.45) is -0.124. The van der Waals surface area contributed by atoms with Crippen LogP contribution in [-0.2, 0) is 14.8 Å². The Hall–Kier alpha value is -3.64. The lowest BCUT2D eigenvalue weighted by atomic mass is 10.1. The first-order chi connectivity index (χ1) is 14.7. The molecule has 0 atom stereocenters. The molecule has 0 fully saturated rings. The molecular formula is C19H18N4O7S. The third-order valence-electron chi connectivity index (χ3n) is 4.54. The third-order valence-corrected chi connectivity index (χ3v) is 6.01. The van der Waals surface area contributed by atoms with Gasteiger partial charge in [-0.1, -0.05) is 12.1 Å². The zero-order valence-electron chi connectivity index (χ0n) is 16.1. The predicted molar refractivity (Wildman–Crippen MR) is 108 cm³/mol. The number of sulfonamides is 1. The van der Waals surface area contributed by atoms with Crippen LogP contribution in [-0.4, -0.2) is 55.6 Å². The lowest BCUT2D eigenvalue weighted by Crippen LogP contribution is -2.37. The molecule has 2 N–H and O–H groups in total. The number of carbonyl (C=O) groups excluding carboxylic acids is 3. The summed E-state index contributed by atoms with van der Waals surface area (Å²) in [4.78, 5) is 47.3. The van der Waals surface area contributed by atoms with E-state index in [1.165, 1.54) is 0 Å². The molecular weight excluding hydrogens is 428 g/mol. The highest BCUT2D eigenvalue weighted by atomic mass is 32.2. The molecule has 12 heteroatoms. The Morgan fingerprint density at radius 3 is 2.10 bits per heavy atom. The molecule has 1 aliphatic heterocycles. The largest absolute Gasteiger partial charge is 0.355 e. The van der Waals surface area contributed by atoms with Gasteiger partial charge >= 0.3 is 0 Å². The van der Waals surface area contributed by atoms with E-state index < -0.39 is 32.7 Å². The average Bonchev–Trinajstić information content (AvgIpc) is 3.00. The average molecular weight is 446 g/mol. The van der Waals surface area contributed by atoms with E-state index in [1.54, 1.807) is 24.3 Å². The van der Waals surface area contributed by atoms with Crippen molar-refractivity contribution in [2.24, 2.45) is 0 Å². The number of amides is 3. The predicted octanol–water partition coefficient (Wildman–Crippen LogP) is 0.676. The van der Waals surface area contributed by atoms with Crippen LogP contribution in [0.2, 0.25) is 0 Å². The number of non-ortho nitro benzene ring substituents is 1. The monoisotopic (exact) mass is 446 g/mol. The van der Waals surface area contributed by atoms with E-state index in [-0.39, 0.29) is 36.6 Å². The Balaban J connectivity index is 1.43. The molecule has 3 amide bonds. The first-order valence-corrected chi connectivity index (χ1v) is 10.6. The fourth-order valence-electron chi connectivity index (χ4n) is 2.96. The second kappa shape index (κ2) is 9.02. The summed E-state index contributed by atoms with van der Waals surface area (Å²) in [6, 6.07) is 10.8. The Labute approximate surface area is 177 Å². The molecule has 2 aromatic carbocycles. The van der Waals surface area contributed by atoms with Crippen molar-refractivity contribution in [3.63, 3.8) is 0 Å². The number of fused-ring (bicyclic) bond motifs is 1. The quantitative estimate of drug-likeness (QED) is 0.248.